The van der Waals surface area contributed by atoms with Gasteiger partial charge in [0.25, 0.3) is 0 Å². The fourth-order valence-electron chi connectivity index (χ4n) is 2.91. The molecule has 106 valence electrons. The summed E-state index contributed by atoms with van der Waals surface area (Å²) in [5.74, 6) is 0.0376. The minimum Gasteiger partial charge on any atom is -0.364 e. The van der Waals surface area contributed by atoms with Crippen LogP contribution in [-0.2, 0) is 20.9 Å². The minimum atomic E-state index is -0.0553. The van der Waals surface area contributed by atoms with E-state index in [1.165, 1.54) is 0 Å². The summed E-state index contributed by atoms with van der Waals surface area (Å²) < 4.78 is 5.58. The van der Waals surface area contributed by atoms with Crippen LogP contribution in [0.1, 0.15) is 12.5 Å². The predicted octanol–water partition coefficient (Wildman–Crippen LogP) is 0.645. The molecule has 0 spiro atoms. The number of likely N-dealkylation sites (tertiary alicyclic amines) is 1. The van der Waals surface area contributed by atoms with Crippen molar-refractivity contribution in [1.29, 1.82) is 0 Å². The number of rotatable bonds is 2. The van der Waals surface area contributed by atoms with E-state index in [1.54, 1.807) is 11.8 Å². The average molecular weight is 274 g/mol. The molecule has 0 aliphatic carbocycles. The quantitative estimate of drug-likeness (QED) is 0.795. The summed E-state index contributed by atoms with van der Waals surface area (Å²) in [6, 6.07) is 9.88. The van der Waals surface area contributed by atoms with Gasteiger partial charge in [-0.05, 0) is 5.56 Å². The zero-order chi connectivity index (χ0) is 14.1. The van der Waals surface area contributed by atoms with Gasteiger partial charge in [0.1, 0.15) is 6.61 Å². The second kappa shape index (κ2) is 5.25. The van der Waals surface area contributed by atoms with Crippen molar-refractivity contribution < 1.29 is 14.3 Å². The third-order valence-electron chi connectivity index (χ3n) is 4.02. The Morgan fingerprint density at radius 1 is 1.30 bits per heavy atom. The Morgan fingerprint density at radius 2 is 2.05 bits per heavy atom. The zero-order valence-corrected chi connectivity index (χ0v) is 11.5. The highest BCUT2D eigenvalue weighted by Gasteiger charge is 2.43. The SMILES string of the molecule is CC(=O)N1C[C@@H]2OCC(=O)N(Cc3ccccc3)[C@@H]2C1. The maximum atomic E-state index is 12.1. The van der Waals surface area contributed by atoms with Crippen molar-refractivity contribution in [2.45, 2.75) is 25.6 Å². The highest BCUT2D eigenvalue weighted by molar-refractivity contribution is 5.79. The highest BCUT2D eigenvalue weighted by atomic mass is 16.5. The topological polar surface area (TPSA) is 49.9 Å². The molecule has 2 aliphatic heterocycles. The van der Waals surface area contributed by atoms with Gasteiger partial charge in [-0.15, -0.1) is 0 Å². The van der Waals surface area contributed by atoms with Crippen LogP contribution in [0.2, 0.25) is 0 Å². The van der Waals surface area contributed by atoms with Crippen LogP contribution in [0.5, 0.6) is 0 Å². The molecule has 0 saturated carbocycles. The molecule has 5 heteroatoms. The smallest absolute Gasteiger partial charge is 0.249 e. The lowest BCUT2D eigenvalue weighted by atomic mass is 10.1. The first-order valence-electron chi connectivity index (χ1n) is 6.85. The van der Waals surface area contributed by atoms with Crippen molar-refractivity contribution >= 4 is 11.8 Å². The number of amides is 2. The van der Waals surface area contributed by atoms with Gasteiger partial charge in [0.15, 0.2) is 0 Å². The zero-order valence-electron chi connectivity index (χ0n) is 11.5. The normalized spacial score (nSPS) is 25.8. The summed E-state index contributed by atoms with van der Waals surface area (Å²) in [7, 11) is 0. The van der Waals surface area contributed by atoms with Crippen LogP contribution in [0.4, 0.5) is 0 Å². The number of hydrogen-bond donors (Lipinski definition) is 0. The number of fused-ring (bicyclic) bond motifs is 1. The van der Waals surface area contributed by atoms with Crippen LogP contribution in [-0.4, -0.2) is 53.5 Å². The second-order valence-corrected chi connectivity index (χ2v) is 5.35. The van der Waals surface area contributed by atoms with E-state index in [0.717, 1.165) is 5.56 Å². The van der Waals surface area contributed by atoms with Gasteiger partial charge in [-0.1, -0.05) is 30.3 Å². The molecule has 0 radical (unpaired) electrons. The molecule has 2 aliphatic rings. The number of carbonyl (C=O) groups excluding carboxylic acids is 2. The van der Waals surface area contributed by atoms with Gasteiger partial charge >= 0.3 is 0 Å². The van der Waals surface area contributed by atoms with Gasteiger partial charge in [-0.25, -0.2) is 0 Å². The van der Waals surface area contributed by atoms with Gasteiger partial charge in [-0.3, -0.25) is 9.59 Å². The van der Waals surface area contributed by atoms with Gasteiger partial charge in [0.05, 0.1) is 12.1 Å². The molecule has 2 saturated heterocycles. The summed E-state index contributed by atoms with van der Waals surface area (Å²) in [5.41, 5.74) is 1.10. The Balaban J connectivity index is 1.78. The van der Waals surface area contributed by atoms with Crippen molar-refractivity contribution in [3.8, 4) is 0 Å². The fourth-order valence-corrected chi connectivity index (χ4v) is 2.91. The molecule has 0 bridgehead atoms. The van der Waals surface area contributed by atoms with Crippen LogP contribution in [0.3, 0.4) is 0 Å². The molecule has 0 N–H and O–H groups in total. The van der Waals surface area contributed by atoms with Gasteiger partial charge in [-0.2, -0.15) is 0 Å². The summed E-state index contributed by atoms with van der Waals surface area (Å²) >= 11 is 0. The maximum absolute atomic E-state index is 12.1. The lowest BCUT2D eigenvalue weighted by molar-refractivity contribution is -0.153. The lowest BCUT2D eigenvalue weighted by Crippen LogP contribution is -2.53. The van der Waals surface area contributed by atoms with Crippen LogP contribution >= 0.6 is 0 Å². The summed E-state index contributed by atoms with van der Waals surface area (Å²) in [5, 5.41) is 0. The first-order valence-corrected chi connectivity index (χ1v) is 6.85. The van der Waals surface area contributed by atoms with E-state index < -0.39 is 0 Å². The van der Waals surface area contributed by atoms with Crippen LogP contribution in [0.25, 0.3) is 0 Å². The number of morpholine rings is 1. The Kier molecular flexibility index (Phi) is 3.44. The van der Waals surface area contributed by atoms with E-state index in [9.17, 15) is 9.59 Å². The molecule has 1 aromatic rings. The summed E-state index contributed by atoms with van der Waals surface area (Å²) in [6.45, 7) is 3.40. The predicted molar refractivity (Wildman–Crippen MR) is 72.8 cm³/mol. The second-order valence-electron chi connectivity index (χ2n) is 5.35. The van der Waals surface area contributed by atoms with Crippen molar-refractivity contribution in [3.63, 3.8) is 0 Å². The Labute approximate surface area is 118 Å². The Hall–Kier alpha value is -1.88. The minimum absolute atomic E-state index is 0.000468. The van der Waals surface area contributed by atoms with E-state index in [0.29, 0.717) is 19.6 Å². The first-order chi connectivity index (χ1) is 9.65. The lowest BCUT2D eigenvalue weighted by Gasteiger charge is -2.36. The Morgan fingerprint density at radius 3 is 2.75 bits per heavy atom. The molecule has 0 aromatic heterocycles. The van der Waals surface area contributed by atoms with Gasteiger partial charge < -0.3 is 14.5 Å². The molecule has 1 aromatic carbocycles. The molecule has 20 heavy (non-hydrogen) atoms. The maximum Gasteiger partial charge on any atom is 0.249 e. The molecular formula is C15H18N2O3. The van der Waals surface area contributed by atoms with Gasteiger partial charge in [0.2, 0.25) is 11.8 Å². The summed E-state index contributed by atoms with van der Waals surface area (Å²) in [4.78, 5) is 27.2. The van der Waals surface area contributed by atoms with Crippen LogP contribution < -0.4 is 0 Å². The van der Waals surface area contributed by atoms with Gasteiger partial charge in [0, 0.05) is 26.6 Å². The monoisotopic (exact) mass is 274 g/mol. The average Bonchev–Trinajstić information content (AvgIpc) is 2.88. The number of nitrogens with zero attached hydrogens (tertiary/aromatic N) is 2. The van der Waals surface area contributed by atoms with Crippen molar-refractivity contribution in [1.82, 2.24) is 9.80 Å². The van der Waals surface area contributed by atoms with Crippen molar-refractivity contribution in [2.24, 2.45) is 0 Å². The van der Waals surface area contributed by atoms with Crippen LogP contribution in [0.15, 0.2) is 30.3 Å². The largest absolute Gasteiger partial charge is 0.364 e. The first kappa shape index (κ1) is 13.1. The van der Waals surface area contributed by atoms with Crippen molar-refractivity contribution in [3.05, 3.63) is 35.9 Å². The number of carbonyl (C=O) groups is 2. The fraction of sp³-hybridized carbons (Fsp3) is 0.467. The molecule has 2 atom stereocenters. The molecule has 2 heterocycles. The van der Waals surface area contributed by atoms with E-state index in [2.05, 4.69) is 0 Å². The molecular weight excluding hydrogens is 256 g/mol. The van der Waals surface area contributed by atoms with Crippen molar-refractivity contribution in [2.75, 3.05) is 19.7 Å². The third-order valence-corrected chi connectivity index (χ3v) is 4.02. The number of ether oxygens (including phenoxy) is 1. The molecule has 5 nitrogen and oxygen atoms in total. The third kappa shape index (κ3) is 2.41. The van der Waals surface area contributed by atoms with E-state index >= 15 is 0 Å². The molecule has 2 fully saturated rings. The molecule has 3 rings (SSSR count). The van der Waals surface area contributed by atoms with E-state index in [1.807, 2.05) is 35.2 Å². The standard InChI is InChI=1S/C15H18N2O3/c1-11(18)16-8-13-14(9-16)20-10-15(19)17(13)7-12-5-3-2-4-6-12/h2-6,13-14H,7-10H2,1H3/t13-,14+/m1/s1. The number of benzene rings is 1. The van der Waals surface area contributed by atoms with E-state index in [4.69, 9.17) is 4.74 Å². The summed E-state index contributed by atoms with van der Waals surface area (Å²) in [6.07, 6.45) is -0.0553. The number of hydrogen-bond acceptors (Lipinski definition) is 3. The molecule has 0 unspecified atom stereocenters. The van der Waals surface area contributed by atoms with E-state index in [-0.39, 0.29) is 30.6 Å². The highest BCUT2D eigenvalue weighted by Crippen LogP contribution is 2.25. The Bertz CT molecular complexity index is 517. The van der Waals surface area contributed by atoms with Crippen LogP contribution in [0, 0.1) is 0 Å². The molecule has 2 amide bonds.